The van der Waals surface area contributed by atoms with Gasteiger partial charge in [-0.2, -0.15) is 0 Å². The van der Waals surface area contributed by atoms with Crippen LogP contribution in [0.25, 0.3) is 0 Å². The number of aliphatic hydroxyl groups excluding tert-OH is 2. The molecule has 8 rings (SSSR count). The summed E-state index contributed by atoms with van der Waals surface area (Å²) in [6.45, 7) is 8.41. The molecule has 0 radical (unpaired) electrons. The van der Waals surface area contributed by atoms with Gasteiger partial charge in [-0.3, -0.25) is 4.90 Å². The Balaban J connectivity index is 1.07. The quantitative estimate of drug-likeness (QED) is 0.441. The second-order valence-corrected chi connectivity index (χ2v) is 14.8. The highest BCUT2D eigenvalue weighted by Crippen LogP contribution is 2.93. The fourth-order valence-corrected chi connectivity index (χ4v) is 12.5. The average molecular weight is 498 g/mol. The molecule has 12 atom stereocenters. The van der Waals surface area contributed by atoms with Gasteiger partial charge in [-0.1, -0.05) is 25.5 Å². The van der Waals surface area contributed by atoms with E-state index >= 15 is 0 Å². The normalized spacial score (nSPS) is 58.3. The van der Waals surface area contributed by atoms with Gasteiger partial charge in [-0.05, 0) is 98.7 Å². The highest BCUT2D eigenvalue weighted by molar-refractivity contribution is 5.41. The first kappa shape index (κ1) is 23.4. The molecule has 0 bridgehead atoms. The van der Waals surface area contributed by atoms with Crippen molar-refractivity contribution in [2.24, 2.45) is 45.8 Å². The summed E-state index contributed by atoms with van der Waals surface area (Å²) in [6.07, 6.45) is 15.4. The Morgan fingerprint density at radius 2 is 2.00 bits per heavy atom. The molecule has 200 valence electrons. The Morgan fingerprint density at radius 3 is 2.86 bits per heavy atom. The first-order valence-electron chi connectivity index (χ1n) is 15.4. The van der Waals surface area contributed by atoms with E-state index in [1.54, 1.807) is 5.57 Å². The van der Waals surface area contributed by atoms with Gasteiger partial charge < -0.3 is 19.7 Å². The molecule has 36 heavy (non-hydrogen) atoms. The summed E-state index contributed by atoms with van der Waals surface area (Å²) in [5.41, 5.74) is 3.12. The number of aliphatic hydroxyl groups is 2. The molecule has 8 aliphatic rings. The first-order valence-corrected chi connectivity index (χ1v) is 15.4. The molecule has 2 aliphatic heterocycles. The molecule has 2 heterocycles. The summed E-state index contributed by atoms with van der Waals surface area (Å²) in [4.78, 5) is 2.73. The van der Waals surface area contributed by atoms with Crippen molar-refractivity contribution in [2.45, 2.75) is 102 Å². The molecule has 5 nitrogen and oxygen atoms in total. The molecule has 0 aromatic carbocycles. The van der Waals surface area contributed by atoms with Crippen LogP contribution < -0.4 is 0 Å². The van der Waals surface area contributed by atoms with Gasteiger partial charge in [0.1, 0.15) is 0 Å². The maximum Gasteiger partial charge on any atom is 0.0793 e. The molecule has 0 amide bonds. The lowest BCUT2D eigenvalue weighted by Crippen LogP contribution is -2.64. The van der Waals surface area contributed by atoms with Crippen molar-refractivity contribution in [3.63, 3.8) is 0 Å². The number of ether oxygens (including phenoxy) is 2. The summed E-state index contributed by atoms with van der Waals surface area (Å²) in [5, 5.41) is 19.5. The average Bonchev–Trinajstić information content (AvgIpc) is 3.33. The highest BCUT2D eigenvalue weighted by Gasteiger charge is 2.91. The predicted molar refractivity (Wildman–Crippen MR) is 137 cm³/mol. The van der Waals surface area contributed by atoms with Gasteiger partial charge in [0.15, 0.2) is 0 Å². The first-order chi connectivity index (χ1) is 17.4. The van der Waals surface area contributed by atoms with Crippen LogP contribution in [0.5, 0.6) is 0 Å². The van der Waals surface area contributed by atoms with Gasteiger partial charge in [-0.25, -0.2) is 0 Å². The number of hydrogen-bond donors (Lipinski definition) is 2. The molecule has 6 aliphatic carbocycles. The van der Waals surface area contributed by atoms with Gasteiger partial charge >= 0.3 is 0 Å². The van der Waals surface area contributed by atoms with E-state index in [2.05, 4.69) is 24.8 Å². The van der Waals surface area contributed by atoms with Crippen LogP contribution in [-0.4, -0.2) is 71.9 Å². The number of hydrogen-bond acceptors (Lipinski definition) is 5. The van der Waals surface area contributed by atoms with E-state index in [9.17, 15) is 5.11 Å². The van der Waals surface area contributed by atoms with Gasteiger partial charge in [0.25, 0.3) is 0 Å². The van der Waals surface area contributed by atoms with E-state index in [0.29, 0.717) is 46.8 Å². The maximum atomic E-state index is 10.4. The van der Waals surface area contributed by atoms with Crippen molar-refractivity contribution in [1.82, 2.24) is 4.90 Å². The number of fused-ring (bicyclic) bond motifs is 6. The molecule has 5 heteroatoms. The Kier molecular flexibility index (Phi) is 4.94. The van der Waals surface area contributed by atoms with Crippen LogP contribution in [0.2, 0.25) is 0 Å². The fourth-order valence-electron chi connectivity index (χ4n) is 12.5. The van der Waals surface area contributed by atoms with Crippen LogP contribution in [0.1, 0.15) is 78.1 Å². The molecule has 2 saturated heterocycles. The lowest BCUT2D eigenvalue weighted by molar-refractivity contribution is -0.211. The maximum absolute atomic E-state index is 10.4. The third kappa shape index (κ3) is 2.66. The summed E-state index contributed by atoms with van der Waals surface area (Å²) in [6, 6.07) is 0.578. The van der Waals surface area contributed by atoms with Crippen LogP contribution in [0.3, 0.4) is 0 Å². The minimum Gasteiger partial charge on any atom is -0.394 e. The van der Waals surface area contributed by atoms with Crippen LogP contribution in [0.15, 0.2) is 11.6 Å². The molecular weight excluding hydrogens is 450 g/mol. The Labute approximate surface area is 217 Å². The van der Waals surface area contributed by atoms with Crippen molar-refractivity contribution in [3.8, 4) is 0 Å². The molecule has 5 saturated carbocycles. The van der Waals surface area contributed by atoms with Crippen LogP contribution >= 0.6 is 0 Å². The lowest BCUT2D eigenvalue weighted by atomic mass is 9.47. The summed E-state index contributed by atoms with van der Waals surface area (Å²) < 4.78 is 13.1. The highest BCUT2D eigenvalue weighted by atomic mass is 16.5. The second kappa shape index (κ2) is 7.59. The number of nitrogens with zero attached hydrogens (tertiary/aromatic N) is 1. The van der Waals surface area contributed by atoms with E-state index in [1.807, 2.05) is 0 Å². The number of allylic oxidation sites excluding steroid dienone is 1. The van der Waals surface area contributed by atoms with Crippen molar-refractivity contribution in [1.29, 1.82) is 0 Å². The molecule has 0 aromatic heterocycles. The molecular formula is C31H47NO4. The predicted octanol–water partition coefficient (Wildman–Crippen LogP) is 4.17. The van der Waals surface area contributed by atoms with Crippen molar-refractivity contribution < 1.29 is 19.7 Å². The monoisotopic (exact) mass is 497 g/mol. The van der Waals surface area contributed by atoms with Gasteiger partial charge in [0.2, 0.25) is 0 Å². The van der Waals surface area contributed by atoms with Gasteiger partial charge in [-0.15, -0.1) is 0 Å². The zero-order chi connectivity index (χ0) is 24.5. The number of rotatable bonds is 5. The van der Waals surface area contributed by atoms with Crippen LogP contribution in [-0.2, 0) is 9.47 Å². The van der Waals surface area contributed by atoms with E-state index in [4.69, 9.17) is 14.6 Å². The smallest absolute Gasteiger partial charge is 0.0793 e. The molecule has 3 spiro atoms. The molecule has 0 aromatic rings. The van der Waals surface area contributed by atoms with Crippen molar-refractivity contribution in [2.75, 3.05) is 32.9 Å². The van der Waals surface area contributed by atoms with Gasteiger partial charge in [0, 0.05) is 30.5 Å². The zero-order valence-electron chi connectivity index (χ0n) is 22.5. The lowest BCUT2D eigenvalue weighted by Gasteiger charge is -2.60. The van der Waals surface area contributed by atoms with E-state index in [-0.39, 0.29) is 18.3 Å². The van der Waals surface area contributed by atoms with E-state index in [0.717, 1.165) is 37.3 Å². The Hall–Kier alpha value is -0.460. The standard InChI is InChI=1S/C31H47NO4/c1-19-13-26-27(32(17-19)9-11-35-12-10-33)25-16-30-18-29(30)15-24-22(23(29)6-8-31(25,30)36-26)4-3-20-14-21(34)5-7-28(20,24)2/h14,19,21-27,33-34H,3-13,15-18H2,1-2H3/t19-,21-,22?,23-,24-,25+,26+,27-,28-,29?,30?,31+/m0/s1. The summed E-state index contributed by atoms with van der Waals surface area (Å²) in [5.74, 6) is 4.05. The van der Waals surface area contributed by atoms with Crippen molar-refractivity contribution in [3.05, 3.63) is 11.6 Å². The SMILES string of the molecule is C[C@H]1C[C@H]2O[C@@]34CC[C@H]5C6CCC7=C[C@@H](O)CC[C@]7(C)[C@H]6CC56CC63C[C@@H]4[C@@H]2N(CCOCCO)C1. The minimum absolute atomic E-state index is 0.113. The number of likely N-dealkylation sites (tertiary alicyclic amines) is 1. The molecule has 7 fully saturated rings. The van der Waals surface area contributed by atoms with Gasteiger partial charge in [0.05, 0.1) is 37.6 Å². The second-order valence-electron chi connectivity index (χ2n) is 14.8. The van der Waals surface area contributed by atoms with Crippen molar-refractivity contribution >= 4 is 0 Å². The topological polar surface area (TPSA) is 62.2 Å². The fraction of sp³-hybridized carbons (Fsp3) is 0.935. The Bertz CT molecular complexity index is 968. The van der Waals surface area contributed by atoms with Crippen LogP contribution in [0.4, 0.5) is 0 Å². The van der Waals surface area contributed by atoms with Crippen LogP contribution in [0, 0.1) is 45.8 Å². The number of piperidine rings is 1. The van der Waals surface area contributed by atoms with E-state index < -0.39 is 0 Å². The minimum atomic E-state index is -0.205. The zero-order valence-corrected chi connectivity index (χ0v) is 22.5. The Morgan fingerprint density at radius 1 is 1.11 bits per heavy atom. The van der Waals surface area contributed by atoms with E-state index in [1.165, 1.54) is 64.3 Å². The third-order valence-electron chi connectivity index (χ3n) is 13.7. The largest absolute Gasteiger partial charge is 0.394 e. The summed E-state index contributed by atoms with van der Waals surface area (Å²) >= 11 is 0. The molecule has 3 unspecified atom stereocenters. The third-order valence-corrected chi connectivity index (χ3v) is 13.7. The molecule has 2 N–H and O–H groups in total. The summed E-state index contributed by atoms with van der Waals surface area (Å²) in [7, 11) is 0.